The van der Waals surface area contributed by atoms with Crippen LogP contribution in [0, 0.1) is 0 Å². The number of nitrogens with zero attached hydrogens (tertiary/aromatic N) is 5. The standard InChI is InChI=1S/C23H21N7O4S/c1-24-35(33,34)16-5-6-17-19(13-16)30(21(27-17)22(31)26-14-8-10-25-11-9-14)15-4-7-18-20(12-15)29(3)23(32)28(18)2/h4-13,24H,1-3H3,(H,25,26,31). The number of anilines is 1. The molecule has 0 radical (unpaired) electrons. The van der Waals surface area contributed by atoms with Gasteiger partial charge in [-0.25, -0.2) is 22.9 Å². The number of pyridine rings is 1. The highest BCUT2D eigenvalue weighted by atomic mass is 32.2. The van der Waals surface area contributed by atoms with Crippen LogP contribution >= 0.6 is 0 Å². The van der Waals surface area contributed by atoms with Gasteiger partial charge < -0.3 is 5.32 Å². The zero-order valence-electron chi connectivity index (χ0n) is 19.1. The van der Waals surface area contributed by atoms with Gasteiger partial charge in [0.2, 0.25) is 15.8 Å². The molecule has 0 aliphatic carbocycles. The molecule has 11 nitrogen and oxygen atoms in total. The van der Waals surface area contributed by atoms with Crippen LogP contribution in [0.1, 0.15) is 10.6 Å². The van der Waals surface area contributed by atoms with Gasteiger partial charge in [-0.3, -0.25) is 23.5 Å². The van der Waals surface area contributed by atoms with Crippen molar-refractivity contribution in [3.05, 3.63) is 77.2 Å². The first-order chi connectivity index (χ1) is 16.7. The first-order valence-electron chi connectivity index (χ1n) is 10.5. The van der Waals surface area contributed by atoms with E-state index in [1.54, 1.807) is 67.5 Å². The number of rotatable bonds is 5. The fourth-order valence-corrected chi connectivity index (χ4v) is 4.76. The molecule has 0 aliphatic rings. The molecular formula is C23H21N7O4S. The summed E-state index contributed by atoms with van der Waals surface area (Å²) in [6.45, 7) is 0. The molecule has 178 valence electrons. The maximum Gasteiger partial charge on any atom is 0.328 e. The van der Waals surface area contributed by atoms with Gasteiger partial charge in [0, 0.05) is 32.2 Å². The van der Waals surface area contributed by atoms with E-state index in [0.717, 1.165) is 0 Å². The summed E-state index contributed by atoms with van der Waals surface area (Å²) in [7, 11) is 0.930. The van der Waals surface area contributed by atoms with Crippen LogP contribution in [0.4, 0.5) is 5.69 Å². The minimum absolute atomic E-state index is 0.0305. The average Bonchev–Trinajstić information content (AvgIpc) is 3.35. The third-order valence-corrected chi connectivity index (χ3v) is 7.27. The molecule has 0 fully saturated rings. The lowest BCUT2D eigenvalue weighted by Crippen LogP contribution is -2.19. The molecule has 0 atom stereocenters. The minimum atomic E-state index is -3.74. The molecule has 2 N–H and O–H groups in total. The van der Waals surface area contributed by atoms with Crippen LogP contribution in [0.15, 0.2) is 70.6 Å². The summed E-state index contributed by atoms with van der Waals surface area (Å²) < 4.78 is 31.8. The predicted octanol–water partition coefficient (Wildman–Crippen LogP) is 1.77. The number of hydrogen-bond donors (Lipinski definition) is 2. The molecular weight excluding hydrogens is 470 g/mol. The highest BCUT2D eigenvalue weighted by Gasteiger charge is 2.22. The van der Waals surface area contributed by atoms with E-state index in [0.29, 0.717) is 33.4 Å². The van der Waals surface area contributed by atoms with Gasteiger partial charge in [0.05, 0.1) is 32.6 Å². The van der Waals surface area contributed by atoms with Crippen molar-refractivity contribution in [2.75, 3.05) is 12.4 Å². The Bertz CT molecular complexity index is 1780. The van der Waals surface area contributed by atoms with Crippen molar-refractivity contribution in [1.82, 2.24) is 28.4 Å². The Morgan fingerprint density at radius 3 is 2.34 bits per heavy atom. The molecule has 1 amide bonds. The summed E-state index contributed by atoms with van der Waals surface area (Å²) in [4.78, 5) is 34.2. The number of fused-ring (bicyclic) bond motifs is 2. The van der Waals surface area contributed by atoms with E-state index in [9.17, 15) is 18.0 Å². The molecule has 0 aliphatic heterocycles. The van der Waals surface area contributed by atoms with Crippen molar-refractivity contribution >= 4 is 43.7 Å². The Morgan fingerprint density at radius 2 is 1.63 bits per heavy atom. The minimum Gasteiger partial charge on any atom is -0.319 e. The first kappa shape index (κ1) is 22.5. The third-order valence-electron chi connectivity index (χ3n) is 5.86. The molecule has 0 unspecified atom stereocenters. The summed E-state index contributed by atoms with van der Waals surface area (Å²) in [5.41, 5.74) is 3.10. The van der Waals surface area contributed by atoms with Crippen LogP contribution in [0.2, 0.25) is 0 Å². The second-order valence-corrected chi connectivity index (χ2v) is 9.78. The molecule has 0 saturated heterocycles. The number of nitrogens with one attached hydrogen (secondary N) is 2. The van der Waals surface area contributed by atoms with E-state index >= 15 is 0 Å². The van der Waals surface area contributed by atoms with E-state index in [1.807, 2.05) is 0 Å². The number of hydrogen-bond acceptors (Lipinski definition) is 6. The Hall–Kier alpha value is -4.29. The highest BCUT2D eigenvalue weighted by molar-refractivity contribution is 7.89. The molecule has 3 heterocycles. The Labute approximate surface area is 199 Å². The SMILES string of the molecule is CNS(=O)(=O)c1ccc2nc(C(=O)Nc3ccncc3)n(-c3ccc4c(c3)n(C)c(=O)n4C)c2c1. The van der Waals surface area contributed by atoms with E-state index in [2.05, 4.69) is 20.0 Å². The molecule has 3 aromatic heterocycles. The van der Waals surface area contributed by atoms with Crippen LogP contribution in [0.25, 0.3) is 27.8 Å². The largest absolute Gasteiger partial charge is 0.328 e. The van der Waals surface area contributed by atoms with E-state index in [4.69, 9.17) is 0 Å². The van der Waals surface area contributed by atoms with Crippen molar-refractivity contribution < 1.29 is 13.2 Å². The van der Waals surface area contributed by atoms with Crippen molar-refractivity contribution in [2.24, 2.45) is 14.1 Å². The van der Waals surface area contributed by atoms with Gasteiger partial charge >= 0.3 is 5.69 Å². The van der Waals surface area contributed by atoms with Gasteiger partial charge in [-0.2, -0.15) is 0 Å². The zero-order valence-corrected chi connectivity index (χ0v) is 19.9. The molecule has 35 heavy (non-hydrogen) atoms. The smallest absolute Gasteiger partial charge is 0.319 e. The number of aryl methyl sites for hydroxylation is 2. The van der Waals surface area contributed by atoms with Crippen LogP contribution in [-0.4, -0.2) is 45.0 Å². The third kappa shape index (κ3) is 3.68. The lowest BCUT2D eigenvalue weighted by atomic mass is 10.2. The fraction of sp³-hybridized carbons (Fsp3) is 0.130. The quantitative estimate of drug-likeness (QED) is 0.385. The number of aromatic nitrogens is 5. The van der Waals surface area contributed by atoms with Crippen molar-refractivity contribution in [3.63, 3.8) is 0 Å². The summed E-state index contributed by atoms with van der Waals surface area (Å²) in [5, 5.41) is 2.79. The van der Waals surface area contributed by atoms with Crippen LogP contribution in [0.5, 0.6) is 0 Å². The topological polar surface area (TPSA) is 133 Å². The predicted molar refractivity (Wildman–Crippen MR) is 131 cm³/mol. The maximum atomic E-state index is 13.3. The molecule has 0 bridgehead atoms. The summed E-state index contributed by atoms with van der Waals surface area (Å²) in [6.07, 6.45) is 3.11. The van der Waals surface area contributed by atoms with Gasteiger partial charge in [-0.05, 0) is 55.6 Å². The Morgan fingerprint density at radius 1 is 0.914 bits per heavy atom. The van der Waals surface area contributed by atoms with Gasteiger partial charge in [0.1, 0.15) is 0 Å². The molecule has 12 heteroatoms. The number of carbonyl (C=O) groups is 1. The zero-order chi connectivity index (χ0) is 24.9. The average molecular weight is 492 g/mol. The Kier molecular flexibility index (Phi) is 5.26. The lowest BCUT2D eigenvalue weighted by molar-refractivity contribution is 0.101. The van der Waals surface area contributed by atoms with E-state index in [-0.39, 0.29) is 16.4 Å². The second-order valence-electron chi connectivity index (χ2n) is 7.89. The fourth-order valence-electron chi connectivity index (χ4n) is 4.01. The van der Waals surface area contributed by atoms with E-state index < -0.39 is 15.9 Å². The maximum absolute atomic E-state index is 13.3. The molecule has 2 aromatic carbocycles. The summed E-state index contributed by atoms with van der Waals surface area (Å²) >= 11 is 0. The normalized spacial score (nSPS) is 11.9. The number of amides is 1. The van der Waals surface area contributed by atoms with Crippen LogP contribution in [-0.2, 0) is 24.1 Å². The lowest BCUT2D eigenvalue weighted by Gasteiger charge is -2.11. The molecule has 5 rings (SSSR count). The molecule has 0 spiro atoms. The van der Waals surface area contributed by atoms with Crippen molar-refractivity contribution in [2.45, 2.75) is 4.90 Å². The number of imidazole rings is 2. The van der Waals surface area contributed by atoms with Gasteiger partial charge in [0.25, 0.3) is 5.91 Å². The second kappa shape index (κ2) is 8.18. The van der Waals surface area contributed by atoms with Gasteiger partial charge in [-0.15, -0.1) is 0 Å². The molecule has 0 saturated carbocycles. The molecule has 5 aromatic rings. The monoisotopic (exact) mass is 491 g/mol. The van der Waals surface area contributed by atoms with Crippen LogP contribution < -0.4 is 15.7 Å². The van der Waals surface area contributed by atoms with Crippen molar-refractivity contribution in [3.8, 4) is 5.69 Å². The Balaban J connectivity index is 1.77. The number of sulfonamides is 1. The highest BCUT2D eigenvalue weighted by Crippen LogP contribution is 2.27. The number of carbonyl (C=O) groups excluding carboxylic acids is 1. The van der Waals surface area contributed by atoms with Gasteiger partial charge in [-0.1, -0.05) is 0 Å². The summed E-state index contributed by atoms with van der Waals surface area (Å²) in [5.74, 6) is -0.441. The van der Waals surface area contributed by atoms with Crippen LogP contribution in [0.3, 0.4) is 0 Å². The van der Waals surface area contributed by atoms with Gasteiger partial charge in [0.15, 0.2) is 0 Å². The summed E-state index contributed by atoms with van der Waals surface area (Å²) in [6, 6.07) is 13.0. The van der Waals surface area contributed by atoms with E-state index in [1.165, 1.54) is 28.3 Å². The van der Waals surface area contributed by atoms with Crippen molar-refractivity contribution in [1.29, 1.82) is 0 Å². The first-order valence-corrected chi connectivity index (χ1v) is 12.0. The number of benzene rings is 2.